The first-order valence-corrected chi connectivity index (χ1v) is 6.69. The molecule has 0 aliphatic heterocycles. The minimum atomic E-state index is -4.70. The van der Waals surface area contributed by atoms with Crippen LogP contribution in [0.4, 0.5) is 26.3 Å². The summed E-state index contributed by atoms with van der Waals surface area (Å²) in [7, 11) is 0. The largest absolute Gasteiger partial charge is 0.417 e. The molecule has 24 heavy (non-hydrogen) atoms. The number of carbonyl (C=O) groups is 1. The van der Waals surface area contributed by atoms with Gasteiger partial charge in [0.1, 0.15) is 0 Å². The third-order valence-electron chi connectivity index (χ3n) is 3.18. The Kier molecular flexibility index (Phi) is 4.86. The normalized spacial score (nSPS) is 12.1. The van der Waals surface area contributed by atoms with Crippen molar-refractivity contribution in [3.05, 3.63) is 70.8 Å². The van der Waals surface area contributed by atoms with Crippen LogP contribution in [0.5, 0.6) is 0 Å². The molecule has 2 rings (SSSR count). The van der Waals surface area contributed by atoms with Crippen molar-refractivity contribution in [2.75, 3.05) is 0 Å². The van der Waals surface area contributed by atoms with Gasteiger partial charge in [-0.2, -0.15) is 26.3 Å². The van der Waals surface area contributed by atoms with Gasteiger partial charge in [-0.25, -0.2) is 0 Å². The minimum Gasteiger partial charge on any atom is -0.348 e. The van der Waals surface area contributed by atoms with Gasteiger partial charge in [-0.3, -0.25) is 4.79 Å². The Balaban J connectivity index is 2.15. The number of nitrogens with one attached hydrogen (secondary N) is 1. The van der Waals surface area contributed by atoms with Crippen LogP contribution in [0.2, 0.25) is 0 Å². The third kappa shape index (κ3) is 4.27. The van der Waals surface area contributed by atoms with Crippen LogP contribution in [0.25, 0.3) is 0 Å². The van der Waals surface area contributed by atoms with E-state index in [0.717, 1.165) is 36.4 Å². The summed E-state index contributed by atoms with van der Waals surface area (Å²) in [5.41, 5.74) is -2.46. The molecule has 2 nitrogen and oxygen atoms in total. The second-order valence-electron chi connectivity index (χ2n) is 4.92. The molecule has 2 aromatic carbocycles. The average molecular weight is 347 g/mol. The Morgan fingerprint density at radius 1 is 0.875 bits per heavy atom. The molecule has 0 radical (unpaired) electrons. The lowest BCUT2D eigenvalue weighted by Crippen LogP contribution is -2.26. The summed E-state index contributed by atoms with van der Waals surface area (Å²) in [6.07, 6.45) is -9.24. The first-order chi connectivity index (χ1) is 11.1. The number of halogens is 6. The molecule has 0 heterocycles. The van der Waals surface area contributed by atoms with E-state index in [2.05, 4.69) is 5.32 Å². The smallest absolute Gasteiger partial charge is 0.348 e. The third-order valence-corrected chi connectivity index (χ3v) is 3.18. The van der Waals surface area contributed by atoms with Gasteiger partial charge in [-0.05, 0) is 29.8 Å². The van der Waals surface area contributed by atoms with E-state index < -0.39 is 35.0 Å². The molecule has 2 aromatic rings. The fourth-order valence-corrected chi connectivity index (χ4v) is 2.06. The number of carbonyl (C=O) groups excluding carboxylic acids is 1. The fourth-order valence-electron chi connectivity index (χ4n) is 2.06. The maximum atomic E-state index is 12.9. The average Bonchev–Trinajstić information content (AvgIpc) is 2.51. The summed E-state index contributed by atoms with van der Waals surface area (Å²) < 4.78 is 76.4. The number of amides is 1. The molecule has 0 aliphatic carbocycles. The monoisotopic (exact) mass is 347 g/mol. The molecule has 0 atom stereocenters. The van der Waals surface area contributed by atoms with Gasteiger partial charge in [0.25, 0.3) is 5.91 Å². The van der Waals surface area contributed by atoms with Crippen molar-refractivity contribution in [1.29, 1.82) is 0 Å². The molecule has 1 N–H and O–H groups in total. The van der Waals surface area contributed by atoms with Crippen molar-refractivity contribution >= 4 is 5.91 Å². The Morgan fingerprint density at radius 2 is 1.54 bits per heavy atom. The molecule has 8 heteroatoms. The first kappa shape index (κ1) is 17.8. The van der Waals surface area contributed by atoms with E-state index in [-0.39, 0.29) is 12.1 Å². The van der Waals surface area contributed by atoms with Crippen molar-refractivity contribution in [3.8, 4) is 0 Å². The highest BCUT2D eigenvalue weighted by Crippen LogP contribution is 2.32. The van der Waals surface area contributed by atoms with E-state index in [1.54, 1.807) is 0 Å². The van der Waals surface area contributed by atoms with Gasteiger partial charge >= 0.3 is 12.4 Å². The van der Waals surface area contributed by atoms with Gasteiger partial charge in [0.05, 0.1) is 16.7 Å². The zero-order chi connectivity index (χ0) is 18.0. The second kappa shape index (κ2) is 6.54. The van der Waals surface area contributed by atoms with Crippen LogP contribution in [0.3, 0.4) is 0 Å². The van der Waals surface area contributed by atoms with Crippen molar-refractivity contribution < 1.29 is 31.1 Å². The van der Waals surface area contributed by atoms with E-state index in [1.165, 1.54) is 12.1 Å². The maximum Gasteiger partial charge on any atom is 0.417 e. The highest BCUT2D eigenvalue weighted by Gasteiger charge is 2.35. The quantitative estimate of drug-likeness (QED) is 0.805. The Morgan fingerprint density at radius 3 is 2.17 bits per heavy atom. The van der Waals surface area contributed by atoms with Crippen molar-refractivity contribution in [3.63, 3.8) is 0 Å². The molecular weight excluding hydrogens is 336 g/mol. The molecule has 0 fully saturated rings. The van der Waals surface area contributed by atoms with Crippen LogP contribution in [-0.2, 0) is 18.9 Å². The van der Waals surface area contributed by atoms with E-state index in [4.69, 9.17) is 0 Å². The summed E-state index contributed by atoms with van der Waals surface area (Å²) in [5.74, 6) is -1.01. The van der Waals surface area contributed by atoms with Gasteiger partial charge in [0.15, 0.2) is 0 Å². The predicted octanol–water partition coefficient (Wildman–Crippen LogP) is 4.65. The summed E-state index contributed by atoms with van der Waals surface area (Å²) in [6, 6.07) is 8.38. The van der Waals surface area contributed by atoms with E-state index in [9.17, 15) is 31.1 Å². The summed E-state index contributed by atoms with van der Waals surface area (Å²) in [5, 5.41) is 2.20. The molecule has 0 saturated carbocycles. The van der Waals surface area contributed by atoms with Crippen LogP contribution < -0.4 is 5.32 Å². The molecule has 0 aliphatic rings. The van der Waals surface area contributed by atoms with E-state index >= 15 is 0 Å². The SMILES string of the molecule is O=C(NCc1cccc(C(F)(F)F)c1)c1ccccc1C(F)(F)F. The zero-order valence-electron chi connectivity index (χ0n) is 12.0. The summed E-state index contributed by atoms with van der Waals surface area (Å²) in [4.78, 5) is 11.9. The Labute approximate surface area is 133 Å². The van der Waals surface area contributed by atoms with Gasteiger partial charge < -0.3 is 5.32 Å². The topological polar surface area (TPSA) is 29.1 Å². The number of benzene rings is 2. The second-order valence-corrected chi connectivity index (χ2v) is 4.92. The summed E-state index contributed by atoms with van der Waals surface area (Å²) in [6.45, 7) is -0.324. The lowest BCUT2D eigenvalue weighted by Gasteiger charge is -2.13. The predicted molar refractivity (Wildman–Crippen MR) is 74.1 cm³/mol. The summed E-state index contributed by atoms with van der Waals surface area (Å²) >= 11 is 0. The van der Waals surface area contributed by atoms with Crippen molar-refractivity contribution in [1.82, 2.24) is 5.32 Å². The van der Waals surface area contributed by atoms with Crippen LogP contribution in [0.15, 0.2) is 48.5 Å². The molecule has 0 spiro atoms. The van der Waals surface area contributed by atoms with Gasteiger partial charge in [0, 0.05) is 6.54 Å². The first-order valence-electron chi connectivity index (χ1n) is 6.69. The van der Waals surface area contributed by atoms with Crippen LogP contribution in [0.1, 0.15) is 27.0 Å². The van der Waals surface area contributed by atoms with Crippen LogP contribution in [-0.4, -0.2) is 5.91 Å². The van der Waals surface area contributed by atoms with Gasteiger partial charge in [-0.1, -0.05) is 24.3 Å². The molecule has 0 saturated heterocycles. The molecule has 0 unspecified atom stereocenters. The molecule has 0 bridgehead atoms. The number of rotatable bonds is 3. The Bertz CT molecular complexity index is 736. The molecule has 0 aromatic heterocycles. The molecular formula is C16H11F6NO. The lowest BCUT2D eigenvalue weighted by molar-refractivity contribution is -0.138. The van der Waals surface area contributed by atoms with Crippen LogP contribution in [0, 0.1) is 0 Å². The molecule has 128 valence electrons. The van der Waals surface area contributed by atoms with Crippen LogP contribution >= 0.6 is 0 Å². The Hall–Kier alpha value is -2.51. The van der Waals surface area contributed by atoms with E-state index in [0.29, 0.717) is 0 Å². The maximum absolute atomic E-state index is 12.9. The van der Waals surface area contributed by atoms with E-state index in [1.807, 2.05) is 0 Å². The van der Waals surface area contributed by atoms with Crippen molar-refractivity contribution in [2.45, 2.75) is 18.9 Å². The van der Waals surface area contributed by atoms with Crippen molar-refractivity contribution in [2.24, 2.45) is 0 Å². The number of alkyl halides is 6. The lowest BCUT2D eigenvalue weighted by atomic mass is 10.1. The number of hydrogen-bond acceptors (Lipinski definition) is 1. The highest BCUT2D eigenvalue weighted by molar-refractivity contribution is 5.95. The standard InChI is InChI=1S/C16H11F6NO/c17-15(18,19)11-5-3-4-10(8-11)9-23-14(24)12-6-1-2-7-13(12)16(20,21)22/h1-8H,9H2,(H,23,24). The zero-order valence-corrected chi connectivity index (χ0v) is 12.0. The molecule has 1 amide bonds. The van der Waals surface area contributed by atoms with Gasteiger partial charge in [0.2, 0.25) is 0 Å². The highest BCUT2D eigenvalue weighted by atomic mass is 19.4. The number of hydrogen-bond donors (Lipinski definition) is 1. The minimum absolute atomic E-state index is 0.127. The fraction of sp³-hybridized carbons (Fsp3) is 0.188. The van der Waals surface area contributed by atoms with Gasteiger partial charge in [-0.15, -0.1) is 0 Å².